The van der Waals surface area contributed by atoms with Gasteiger partial charge < -0.3 is 20.2 Å². The number of rotatable bonds is 6. The van der Waals surface area contributed by atoms with Crippen LogP contribution < -0.4 is 11.1 Å². The summed E-state index contributed by atoms with van der Waals surface area (Å²) in [6.07, 6.45) is 2.48. The van der Waals surface area contributed by atoms with Gasteiger partial charge in [0.1, 0.15) is 12.4 Å². The molecule has 5 heteroatoms. The summed E-state index contributed by atoms with van der Waals surface area (Å²) in [4.78, 5) is 4.22. The second kappa shape index (κ2) is 7.06. The number of nitrogens with zero attached hydrogens (tertiary/aromatic N) is 1. The van der Waals surface area contributed by atoms with Gasteiger partial charge in [0, 0.05) is 18.7 Å². The van der Waals surface area contributed by atoms with Gasteiger partial charge in [0.05, 0.1) is 6.26 Å². The molecule has 0 bridgehead atoms. The predicted molar refractivity (Wildman–Crippen MR) is 72.4 cm³/mol. The zero-order valence-electron chi connectivity index (χ0n) is 11.4. The normalized spacial score (nSPS) is 12.7. The van der Waals surface area contributed by atoms with E-state index in [1.54, 1.807) is 6.26 Å². The molecule has 0 fully saturated rings. The Morgan fingerprint density at radius 2 is 2.28 bits per heavy atom. The largest absolute Gasteiger partial charge is 0.467 e. The molecule has 0 amide bonds. The van der Waals surface area contributed by atoms with E-state index in [0.29, 0.717) is 25.7 Å². The average Bonchev–Trinajstić information content (AvgIpc) is 2.73. The van der Waals surface area contributed by atoms with Gasteiger partial charge in [0.15, 0.2) is 5.96 Å². The maximum Gasteiger partial charge on any atom is 0.188 e. The second-order valence-electron chi connectivity index (χ2n) is 5.13. The first-order valence-corrected chi connectivity index (χ1v) is 6.15. The Labute approximate surface area is 108 Å². The fourth-order valence-electron chi connectivity index (χ4n) is 1.36. The zero-order valence-corrected chi connectivity index (χ0v) is 11.4. The molecule has 0 aliphatic carbocycles. The van der Waals surface area contributed by atoms with E-state index < -0.39 is 0 Å². The molecular formula is C13H23N3O2. The van der Waals surface area contributed by atoms with E-state index in [-0.39, 0.29) is 5.54 Å². The second-order valence-corrected chi connectivity index (χ2v) is 5.13. The number of ether oxygens (including phenoxy) is 1. The summed E-state index contributed by atoms with van der Waals surface area (Å²) in [5.74, 6) is 1.32. The van der Waals surface area contributed by atoms with E-state index in [0.717, 1.165) is 12.2 Å². The maximum absolute atomic E-state index is 5.73. The third-order valence-corrected chi connectivity index (χ3v) is 2.06. The number of nitrogens with one attached hydrogen (secondary N) is 1. The molecule has 0 radical (unpaired) electrons. The molecule has 0 spiro atoms. The lowest BCUT2D eigenvalue weighted by Crippen LogP contribution is -2.45. The SMILES string of the molecule is CC(C)(C)NC(N)=NCCCOCc1ccco1. The summed E-state index contributed by atoms with van der Waals surface area (Å²) >= 11 is 0. The fraction of sp³-hybridized carbons (Fsp3) is 0.615. The molecular weight excluding hydrogens is 230 g/mol. The number of aliphatic imine (C=N–C) groups is 1. The van der Waals surface area contributed by atoms with E-state index in [2.05, 4.69) is 10.3 Å². The van der Waals surface area contributed by atoms with Crippen molar-refractivity contribution in [1.82, 2.24) is 5.32 Å². The molecule has 3 N–H and O–H groups in total. The summed E-state index contributed by atoms with van der Waals surface area (Å²) in [6, 6.07) is 3.74. The minimum Gasteiger partial charge on any atom is -0.467 e. The van der Waals surface area contributed by atoms with Crippen molar-refractivity contribution in [1.29, 1.82) is 0 Å². The van der Waals surface area contributed by atoms with Crippen LogP contribution in [-0.2, 0) is 11.3 Å². The van der Waals surface area contributed by atoms with Crippen molar-refractivity contribution >= 4 is 5.96 Å². The summed E-state index contributed by atoms with van der Waals surface area (Å²) in [6.45, 7) is 7.94. The quantitative estimate of drug-likeness (QED) is 0.461. The van der Waals surface area contributed by atoms with Crippen LogP contribution >= 0.6 is 0 Å². The highest BCUT2D eigenvalue weighted by molar-refractivity contribution is 5.78. The van der Waals surface area contributed by atoms with Crippen molar-refractivity contribution in [2.24, 2.45) is 10.7 Å². The van der Waals surface area contributed by atoms with Crippen LogP contribution in [0.2, 0.25) is 0 Å². The van der Waals surface area contributed by atoms with Gasteiger partial charge in [-0.25, -0.2) is 0 Å². The Morgan fingerprint density at radius 3 is 2.89 bits per heavy atom. The first-order chi connectivity index (χ1) is 8.47. The van der Waals surface area contributed by atoms with Crippen molar-refractivity contribution in [2.45, 2.75) is 39.3 Å². The Kier molecular flexibility index (Phi) is 5.71. The molecule has 0 saturated heterocycles. The fourth-order valence-corrected chi connectivity index (χ4v) is 1.36. The highest BCUT2D eigenvalue weighted by Gasteiger charge is 2.09. The van der Waals surface area contributed by atoms with Gasteiger partial charge in [-0.1, -0.05) is 0 Å². The molecule has 0 atom stereocenters. The lowest BCUT2D eigenvalue weighted by molar-refractivity contribution is 0.105. The lowest BCUT2D eigenvalue weighted by Gasteiger charge is -2.20. The lowest BCUT2D eigenvalue weighted by atomic mass is 10.1. The van der Waals surface area contributed by atoms with Crippen LogP contribution in [-0.4, -0.2) is 24.7 Å². The number of furan rings is 1. The number of guanidine groups is 1. The zero-order chi connectivity index (χ0) is 13.4. The van der Waals surface area contributed by atoms with Crippen LogP contribution in [0.25, 0.3) is 0 Å². The molecule has 18 heavy (non-hydrogen) atoms. The van der Waals surface area contributed by atoms with Crippen molar-refractivity contribution in [2.75, 3.05) is 13.2 Å². The van der Waals surface area contributed by atoms with Gasteiger partial charge in [0.25, 0.3) is 0 Å². The number of nitrogens with two attached hydrogens (primary N) is 1. The van der Waals surface area contributed by atoms with Gasteiger partial charge in [-0.05, 0) is 39.3 Å². The third-order valence-electron chi connectivity index (χ3n) is 2.06. The summed E-state index contributed by atoms with van der Waals surface area (Å²) in [7, 11) is 0. The first-order valence-electron chi connectivity index (χ1n) is 6.15. The van der Waals surface area contributed by atoms with E-state index >= 15 is 0 Å². The molecule has 1 aromatic heterocycles. The van der Waals surface area contributed by atoms with Gasteiger partial charge >= 0.3 is 0 Å². The molecule has 0 saturated carbocycles. The van der Waals surface area contributed by atoms with Crippen molar-refractivity contribution in [3.63, 3.8) is 0 Å². The first kappa shape index (κ1) is 14.6. The van der Waals surface area contributed by atoms with Crippen LogP contribution in [0.3, 0.4) is 0 Å². The minimum absolute atomic E-state index is 0.0522. The molecule has 5 nitrogen and oxygen atoms in total. The maximum atomic E-state index is 5.73. The van der Waals surface area contributed by atoms with Gasteiger partial charge in [-0.15, -0.1) is 0 Å². The Balaban J connectivity index is 2.06. The van der Waals surface area contributed by atoms with E-state index in [1.165, 1.54) is 0 Å². The predicted octanol–water partition coefficient (Wildman–Crippen LogP) is 1.89. The molecule has 0 unspecified atom stereocenters. The Bertz CT molecular complexity index is 353. The van der Waals surface area contributed by atoms with Crippen LogP contribution in [0, 0.1) is 0 Å². The topological polar surface area (TPSA) is 72.8 Å². The average molecular weight is 253 g/mol. The smallest absolute Gasteiger partial charge is 0.188 e. The van der Waals surface area contributed by atoms with Gasteiger partial charge in [-0.3, -0.25) is 4.99 Å². The minimum atomic E-state index is -0.0522. The van der Waals surface area contributed by atoms with Crippen molar-refractivity contribution in [3.05, 3.63) is 24.2 Å². The highest BCUT2D eigenvalue weighted by Crippen LogP contribution is 2.02. The summed E-state index contributed by atoms with van der Waals surface area (Å²) < 4.78 is 10.6. The molecule has 1 rings (SSSR count). The molecule has 102 valence electrons. The van der Waals surface area contributed by atoms with Crippen LogP contribution in [0.4, 0.5) is 0 Å². The highest BCUT2D eigenvalue weighted by atomic mass is 16.5. The van der Waals surface area contributed by atoms with Gasteiger partial charge in [0.2, 0.25) is 0 Å². The molecule has 0 aliphatic heterocycles. The Hall–Kier alpha value is -1.49. The van der Waals surface area contributed by atoms with Gasteiger partial charge in [-0.2, -0.15) is 0 Å². The van der Waals surface area contributed by atoms with E-state index in [1.807, 2.05) is 32.9 Å². The third kappa shape index (κ3) is 6.96. The summed E-state index contributed by atoms with van der Waals surface area (Å²) in [5, 5.41) is 3.10. The van der Waals surface area contributed by atoms with Crippen LogP contribution in [0.1, 0.15) is 33.0 Å². The molecule has 1 aromatic rings. The van der Waals surface area contributed by atoms with E-state index in [4.69, 9.17) is 14.9 Å². The summed E-state index contributed by atoms with van der Waals surface area (Å²) in [5.41, 5.74) is 5.68. The standard InChI is InChI=1S/C13H23N3O2/c1-13(2,3)16-12(14)15-7-5-8-17-10-11-6-4-9-18-11/h4,6,9H,5,7-8,10H2,1-3H3,(H3,14,15,16). The number of hydrogen-bond acceptors (Lipinski definition) is 3. The molecule has 1 heterocycles. The molecule has 0 aromatic carbocycles. The molecule has 0 aliphatic rings. The Morgan fingerprint density at radius 1 is 1.50 bits per heavy atom. The van der Waals surface area contributed by atoms with Crippen molar-refractivity contribution in [3.8, 4) is 0 Å². The monoisotopic (exact) mass is 253 g/mol. The number of hydrogen-bond donors (Lipinski definition) is 2. The van der Waals surface area contributed by atoms with Crippen LogP contribution in [0.5, 0.6) is 0 Å². The van der Waals surface area contributed by atoms with Crippen molar-refractivity contribution < 1.29 is 9.15 Å². The van der Waals surface area contributed by atoms with Crippen LogP contribution in [0.15, 0.2) is 27.8 Å². The van der Waals surface area contributed by atoms with E-state index in [9.17, 15) is 0 Å².